The lowest BCUT2D eigenvalue weighted by atomic mass is 10.2. The monoisotopic (exact) mass is 208 g/mol. The van der Waals surface area contributed by atoms with Crippen molar-refractivity contribution in [2.75, 3.05) is 13.6 Å². The third-order valence-corrected chi connectivity index (χ3v) is 2.32. The molecule has 84 valence electrons. The Kier molecular flexibility index (Phi) is 5.15. The van der Waals surface area contributed by atoms with Crippen molar-refractivity contribution in [3.05, 3.63) is 36.3 Å². The van der Waals surface area contributed by atoms with Gasteiger partial charge in [-0.3, -0.25) is 4.90 Å². The largest absolute Gasteiger partial charge is 0.468 e. The molecular weight excluding hydrogens is 188 g/mol. The summed E-state index contributed by atoms with van der Waals surface area (Å²) in [7, 11) is 2.09. The van der Waals surface area contributed by atoms with E-state index in [2.05, 4.69) is 18.5 Å². The Balaban J connectivity index is 2.30. The van der Waals surface area contributed by atoms with Crippen LogP contribution in [0.1, 0.15) is 24.2 Å². The van der Waals surface area contributed by atoms with Gasteiger partial charge in [-0.15, -0.1) is 6.58 Å². The lowest BCUT2D eigenvalue weighted by Gasteiger charge is -2.13. The van der Waals surface area contributed by atoms with Crippen LogP contribution in [0.2, 0.25) is 0 Å². The molecule has 1 aromatic heterocycles. The second kappa shape index (κ2) is 6.43. The standard InChI is InChI=1S/C12H20N2O/c1-3-4-5-6-14(2)9-12-7-11(8-13)10-15-12/h3,7,10H,1,4-6,8-9,13H2,2H3. The van der Waals surface area contributed by atoms with Crippen molar-refractivity contribution in [2.24, 2.45) is 5.73 Å². The van der Waals surface area contributed by atoms with Gasteiger partial charge in [0.1, 0.15) is 5.76 Å². The van der Waals surface area contributed by atoms with Crippen molar-refractivity contribution >= 4 is 0 Å². The van der Waals surface area contributed by atoms with Gasteiger partial charge in [0.25, 0.3) is 0 Å². The summed E-state index contributed by atoms with van der Waals surface area (Å²) in [6, 6.07) is 2.02. The van der Waals surface area contributed by atoms with E-state index in [9.17, 15) is 0 Å². The SMILES string of the molecule is C=CCCCN(C)Cc1cc(CN)co1. The molecule has 1 aromatic rings. The third-order valence-electron chi connectivity index (χ3n) is 2.32. The van der Waals surface area contributed by atoms with Gasteiger partial charge in [-0.25, -0.2) is 0 Å². The molecule has 0 aliphatic carbocycles. The minimum absolute atomic E-state index is 0.545. The first-order chi connectivity index (χ1) is 7.26. The predicted molar refractivity (Wildman–Crippen MR) is 62.4 cm³/mol. The molecular formula is C12H20N2O. The first-order valence-corrected chi connectivity index (χ1v) is 5.32. The molecule has 0 saturated carbocycles. The van der Waals surface area contributed by atoms with Crippen molar-refractivity contribution in [2.45, 2.75) is 25.9 Å². The summed E-state index contributed by atoms with van der Waals surface area (Å²) in [5.74, 6) is 0.983. The van der Waals surface area contributed by atoms with E-state index in [1.54, 1.807) is 6.26 Å². The molecule has 0 aliphatic rings. The third kappa shape index (κ3) is 4.32. The highest BCUT2D eigenvalue weighted by atomic mass is 16.3. The van der Waals surface area contributed by atoms with Crippen LogP contribution in [-0.4, -0.2) is 18.5 Å². The van der Waals surface area contributed by atoms with Gasteiger partial charge in [0.15, 0.2) is 0 Å². The minimum Gasteiger partial charge on any atom is -0.468 e. The maximum Gasteiger partial charge on any atom is 0.118 e. The summed E-state index contributed by atoms with van der Waals surface area (Å²) in [5.41, 5.74) is 6.57. The van der Waals surface area contributed by atoms with Gasteiger partial charge in [0.2, 0.25) is 0 Å². The lowest BCUT2D eigenvalue weighted by Crippen LogP contribution is -2.18. The number of rotatable bonds is 7. The van der Waals surface area contributed by atoms with Crippen molar-refractivity contribution in [1.82, 2.24) is 4.90 Å². The summed E-state index contributed by atoms with van der Waals surface area (Å²) in [6.45, 7) is 6.15. The molecule has 0 unspecified atom stereocenters. The average Bonchev–Trinajstić information content (AvgIpc) is 2.66. The van der Waals surface area contributed by atoms with Crippen LogP contribution in [0, 0.1) is 0 Å². The van der Waals surface area contributed by atoms with Gasteiger partial charge < -0.3 is 10.2 Å². The van der Waals surface area contributed by atoms with Gasteiger partial charge in [0.05, 0.1) is 12.8 Å². The molecule has 3 heteroatoms. The molecule has 1 rings (SSSR count). The first-order valence-electron chi connectivity index (χ1n) is 5.32. The number of allylic oxidation sites excluding steroid dienone is 1. The quantitative estimate of drug-likeness (QED) is 0.551. The van der Waals surface area contributed by atoms with Crippen LogP contribution in [0.4, 0.5) is 0 Å². The Bertz CT molecular complexity index is 294. The zero-order valence-electron chi connectivity index (χ0n) is 9.41. The fourth-order valence-electron chi connectivity index (χ4n) is 1.47. The van der Waals surface area contributed by atoms with Crippen molar-refractivity contribution in [3.8, 4) is 0 Å². The van der Waals surface area contributed by atoms with Crippen molar-refractivity contribution < 1.29 is 4.42 Å². The average molecular weight is 208 g/mol. The summed E-state index contributed by atoms with van der Waals surface area (Å²) in [6.07, 6.45) is 5.89. The van der Waals surface area contributed by atoms with Crippen LogP contribution in [0.5, 0.6) is 0 Å². The van der Waals surface area contributed by atoms with E-state index in [0.29, 0.717) is 6.54 Å². The number of unbranched alkanes of at least 4 members (excludes halogenated alkanes) is 1. The Morgan fingerprint density at radius 3 is 3.00 bits per heavy atom. The zero-order chi connectivity index (χ0) is 11.1. The van der Waals surface area contributed by atoms with Crippen LogP contribution < -0.4 is 5.73 Å². The van der Waals surface area contributed by atoms with E-state index < -0.39 is 0 Å². The molecule has 1 heterocycles. The van der Waals surface area contributed by atoms with E-state index in [0.717, 1.165) is 37.3 Å². The van der Waals surface area contributed by atoms with Crippen LogP contribution >= 0.6 is 0 Å². The Hall–Kier alpha value is -1.06. The van der Waals surface area contributed by atoms with Crippen LogP contribution in [0.3, 0.4) is 0 Å². The second-order valence-corrected chi connectivity index (χ2v) is 3.79. The molecule has 3 nitrogen and oxygen atoms in total. The molecule has 0 spiro atoms. The van der Waals surface area contributed by atoms with E-state index in [-0.39, 0.29) is 0 Å². The number of nitrogens with zero attached hydrogens (tertiary/aromatic N) is 1. The highest BCUT2D eigenvalue weighted by molar-refractivity contribution is 5.12. The fraction of sp³-hybridized carbons (Fsp3) is 0.500. The summed E-state index contributed by atoms with van der Waals surface area (Å²) >= 11 is 0. The summed E-state index contributed by atoms with van der Waals surface area (Å²) < 4.78 is 5.39. The number of hydrogen-bond acceptors (Lipinski definition) is 3. The van der Waals surface area contributed by atoms with Crippen LogP contribution in [-0.2, 0) is 13.1 Å². The number of furan rings is 1. The van der Waals surface area contributed by atoms with Gasteiger partial charge in [0, 0.05) is 12.1 Å². The molecule has 0 saturated heterocycles. The topological polar surface area (TPSA) is 42.4 Å². The highest BCUT2D eigenvalue weighted by Crippen LogP contribution is 2.09. The summed E-state index contributed by atoms with van der Waals surface area (Å²) in [5, 5.41) is 0. The van der Waals surface area contributed by atoms with Gasteiger partial charge in [-0.05, 0) is 32.5 Å². The molecule has 0 amide bonds. The maximum absolute atomic E-state index is 5.51. The number of hydrogen-bond donors (Lipinski definition) is 1. The van der Waals surface area contributed by atoms with Gasteiger partial charge in [-0.1, -0.05) is 6.08 Å². The first kappa shape index (κ1) is 12.0. The number of nitrogens with two attached hydrogens (primary N) is 1. The fourth-order valence-corrected chi connectivity index (χ4v) is 1.47. The Morgan fingerprint density at radius 1 is 1.60 bits per heavy atom. The molecule has 0 aliphatic heterocycles. The van der Waals surface area contributed by atoms with Crippen molar-refractivity contribution in [1.29, 1.82) is 0 Å². The summed E-state index contributed by atoms with van der Waals surface area (Å²) in [4.78, 5) is 2.24. The van der Waals surface area contributed by atoms with E-state index in [1.807, 2.05) is 12.1 Å². The van der Waals surface area contributed by atoms with E-state index >= 15 is 0 Å². The normalized spacial score (nSPS) is 10.9. The van der Waals surface area contributed by atoms with Crippen LogP contribution in [0.25, 0.3) is 0 Å². The van der Waals surface area contributed by atoms with Gasteiger partial charge in [-0.2, -0.15) is 0 Å². The molecule has 0 fully saturated rings. The molecule has 0 radical (unpaired) electrons. The smallest absolute Gasteiger partial charge is 0.118 e. The predicted octanol–water partition coefficient (Wildman–Crippen LogP) is 2.14. The lowest BCUT2D eigenvalue weighted by molar-refractivity contribution is 0.292. The molecule has 0 atom stereocenters. The highest BCUT2D eigenvalue weighted by Gasteiger charge is 2.04. The zero-order valence-corrected chi connectivity index (χ0v) is 9.41. The van der Waals surface area contributed by atoms with E-state index in [1.165, 1.54) is 0 Å². The van der Waals surface area contributed by atoms with Crippen LogP contribution in [0.15, 0.2) is 29.4 Å². The van der Waals surface area contributed by atoms with Crippen molar-refractivity contribution in [3.63, 3.8) is 0 Å². The second-order valence-electron chi connectivity index (χ2n) is 3.79. The molecule has 0 bridgehead atoms. The molecule has 0 aromatic carbocycles. The minimum atomic E-state index is 0.545. The molecule has 15 heavy (non-hydrogen) atoms. The maximum atomic E-state index is 5.51. The Morgan fingerprint density at radius 2 is 2.40 bits per heavy atom. The Labute approximate surface area is 91.6 Å². The van der Waals surface area contributed by atoms with E-state index in [4.69, 9.17) is 10.2 Å². The van der Waals surface area contributed by atoms with Gasteiger partial charge >= 0.3 is 0 Å². The molecule has 2 N–H and O–H groups in total.